The Bertz CT molecular complexity index is 483. The van der Waals surface area contributed by atoms with E-state index in [4.69, 9.17) is 10.4 Å². The molecule has 1 aromatic heterocycles. The lowest BCUT2D eigenvalue weighted by Gasteiger charge is -2.12. The third-order valence-corrected chi connectivity index (χ3v) is 2.06. The lowest BCUT2D eigenvalue weighted by Crippen LogP contribution is -2.09. The number of nitriles is 1. The van der Waals surface area contributed by atoms with Crippen LogP contribution >= 0.6 is 0 Å². The van der Waals surface area contributed by atoms with E-state index in [-0.39, 0.29) is 17.0 Å². The number of aromatic nitrogens is 1. The van der Waals surface area contributed by atoms with Gasteiger partial charge in [-0.2, -0.15) is 5.26 Å². The Morgan fingerprint density at radius 1 is 1.71 bits per heavy atom. The number of carbonyl (C=O) groups is 1. The predicted molar refractivity (Wildman–Crippen MR) is 51.8 cm³/mol. The van der Waals surface area contributed by atoms with Crippen LogP contribution in [0.25, 0.3) is 0 Å². The minimum Gasteiger partial charge on any atom is -0.495 e. The van der Waals surface area contributed by atoms with Crippen molar-refractivity contribution in [3.8, 4) is 11.8 Å². The molecule has 1 aromatic rings. The number of aliphatic carboxylic acids is 1. The maximum absolute atomic E-state index is 12.8. The van der Waals surface area contributed by atoms with Crippen molar-refractivity contribution in [2.45, 2.75) is 12.8 Å². The minimum absolute atomic E-state index is 0.227. The Labute approximate surface area is 95.3 Å². The van der Waals surface area contributed by atoms with Gasteiger partial charge in [-0.15, -0.1) is 0 Å². The Balaban J connectivity index is 3.47. The number of nitrogens with zero attached hydrogens (tertiary/aromatic N) is 2. The van der Waals surface area contributed by atoms with Crippen LogP contribution in [0.1, 0.15) is 23.2 Å². The standard InChI is InChI=1S/C10H8F2N2O3/c1-17-7-4-14-6(3-13)5(2-8(15)16)9(7)10(11)12/h4,10H,2H2,1H3,(H,15,16). The molecular weight excluding hydrogens is 234 g/mol. The third-order valence-electron chi connectivity index (χ3n) is 2.06. The number of carboxylic acids is 1. The van der Waals surface area contributed by atoms with E-state index in [0.29, 0.717) is 0 Å². The molecule has 7 heteroatoms. The number of pyridine rings is 1. The molecule has 90 valence electrons. The Morgan fingerprint density at radius 3 is 2.76 bits per heavy atom. The summed E-state index contributed by atoms with van der Waals surface area (Å²) in [6, 6.07) is 1.58. The fraction of sp³-hybridized carbons (Fsp3) is 0.300. The zero-order valence-electron chi connectivity index (χ0n) is 8.78. The molecule has 5 nitrogen and oxygen atoms in total. The van der Waals surface area contributed by atoms with E-state index in [1.807, 2.05) is 0 Å². The molecule has 0 atom stereocenters. The van der Waals surface area contributed by atoms with Crippen LogP contribution in [0.3, 0.4) is 0 Å². The van der Waals surface area contributed by atoms with E-state index >= 15 is 0 Å². The van der Waals surface area contributed by atoms with Crippen LogP contribution in [-0.2, 0) is 11.2 Å². The first-order valence-electron chi connectivity index (χ1n) is 4.47. The van der Waals surface area contributed by atoms with Crippen LogP contribution in [0.5, 0.6) is 5.75 Å². The summed E-state index contributed by atoms with van der Waals surface area (Å²) in [4.78, 5) is 14.2. The largest absolute Gasteiger partial charge is 0.495 e. The highest BCUT2D eigenvalue weighted by atomic mass is 19.3. The summed E-state index contributed by atoms with van der Waals surface area (Å²) in [5.41, 5.74) is -1.24. The molecule has 0 saturated heterocycles. The molecule has 0 amide bonds. The van der Waals surface area contributed by atoms with Gasteiger partial charge in [-0.25, -0.2) is 13.8 Å². The van der Waals surface area contributed by atoms with Crippen LogP contribution in [-0.4, -0.2) is 23.2 Å². The summed E-state index contributed by atoms with van der Waals surface area (Å²) < 4.78 is 30.3. The molecule has 0 fully saturated rings. The molecule has 0 spiro atoms. The first kappa shape index (κ1) is 12.8. The number of rotatable bonds is 4. The number of hydrogen-bond donors (Lipinski definition) is 1. The van der Waals surface area contributed by atoms with Gasteiger partial charge in [0.15, 0.2) is 0 Å². The normalized spacial score (nSPS) is 10.1. The highest BCUT2D eigenvalue weighted by Gasteiger charge is 2.24. The lowest BCUT2D eigenvalue weighted by atomic mass is 10.0. The van der Waals surface area contributed by atoms with Crippen molar-refractivity contribution < 1.29 is 23.4 Å². The molecular formula is C10H8F2N2O3. The SMILES string of the molecule is COc1cnc(C#N)c(CC(=O)O)c1C(F)F. The van der Waals surface area contributed by atoms with Gasteiger partial charge in [0, 0.05) is 5.56 Å². The zero-order chi connectivity index (χ0) is 13.0. The smallest absolute Gasteiger partial charge is 0.307 e. The van der Waals surface area contributed by atoms with Crippen molar-refractivity contribution in [1.82, 2.24) is 4.98 Å². The van der Waals surface area contributed by atoms with Gasteiger partial charge < -0.3 is 9.84 Å². The van der Waals surface area contributed by atoms with Crippen molar-refractivity contribution in [1.29, 1.82) is 5.26 Å². The van der Waals surface area contributed by atoms with E-state index in [2.05, 4.69) is 9.72 Å². The number of alkyl halides is 2. The topological polar surface area (TPSA) is 83.2 Å². The molecule has 1 heterocycles. The molecule has 0 aromatic carbocycles. The number of hydrogen-bond acceptors (Lipinski definition) is 4. The van der Waals surface area contributed by atoms with Crippen LogP contribution in [0.2, 0.25) is 0 Å². The fourth-order valence-corrected chi connectivity index (χ4v) is 1.38. The van der Waals surface area contributed by atoms with Gasteiger partial charge >= 0.3 is 5.97 Å². The Kier molecular flexibility index (Phi) is 3.93. The van der Waals surface area contributed by atoms with Crippen LogP contribution in [0.15, 0.2) is 6.20 Å². The maximum Gasteiger partial charge on any atom is 0.307 e. The summed E-state index contributed by atoms with van der Waals surface area (Å²) in [5, 5.41) is 17.3. The molecule has 0 saturated carbocycles. The van der Waals surface area contributed by atoms with Gasteiger partial charge in [0.1, 0.15) is 17.5 Å². The molecule has 1 N–H and O–H groups in total. The van der Waals surface area contributed by atoms with Crippen LogP contribution in [0, 0.1) is 11.3 Å². The number of ether oxygens (including phenoxy) is 1. The number of methoxy groups -OCH3 is 1. The zero-order valence-corrected chi connectivity index (χ0v) is 8.78. The maximum atomic E-state index is 12.8. The number of carboxylic acid groups (broad SMARTS) is 1. The highest BCUT2D eigenvalue weighted by molar-refractivity contribution is 5.72. The van der Waals surface area contributed by atoms with Gasteiger partial charge in [-0.1, -0.05) is 0 Å². The van der Waals surface area contributed by atoms with Crippen molar-refractivity contribution in [3.05, 3.63) is 23.0 Å². The van der Waals surface area contributed by atoms with Gasteiger partial charge in [0.2, 0.25) is 0 Å². The lowest BCUT2D eigenvalue weighted by molar-refractivity contribution is -0.136. The summed E-state index contributed by atoms with van der Waals surface area (Å²) in [6.45, 7) is 0. The van der Waals surface area contributed by atoms with Gasteiger partial charge in [-0.05, 0) is 0 Å². The monoisotopic (exact) mass is 242 g/mol. The van der Waals surface area contributed by atoms with E-state index < -0.39 is 24.4 Å². The minimum atomic E-state index is -2.94. The quantitative estimate of drug-likeness (QED) is 0.865. The van der Waals surface area contributed by atoms with Crippen LogP contribution < -0.4 is 4.74 Å². The summed E-state index contributed by atoms with van der Waals surface area (Å²) in [6.07, 6.45) is -2.66. The van der Waals surface area contributed by atoms with Crippen molar-refractivity contribution >= 4 is 5.97 Å². The van der Waals surface area contributed by atoms with Crippen LogP contribution in [0.4, 0.5) is 8.78 Å². The fourth-order valence-electron chi connectivity index (χ4n) is 1.38. The molecule has 0 aliphatic rings. The molecule has 0 bridgehead atoms. The second-order valence-corrected chi connectivity index (χ2v) is 3.05. The predicted octanol–water partition coefficient (Wildman–Crippen LogP) is 1.53. The highest BCUT2D eigenvalue weighted by Crippen LogP contribution is 2.33. The third kappa shape index (κ3) is 2.66. The molecule has 0 aliphatic carbocycles. The molecule has 0 aliphatic heterocycles. The van der Waals surface area contributed by atoms with E-state index in [1.165, 1.54) is 7.11 Å². The Morgan fingerprint density at radius 2 is 2.35 bits per heavy atom. The number of halogens is 2. The average molecular weight is 242 g/mol. The summed E-state index contributed by atoms with van der Waals surface area (Å²) in [5.74, 6) is -1.55. The Hall–Kier alpha value is -2.23. The van der Waals surface area contributed by atoms with Crippen molar-refractivity contribution in [3.63, 3.8) is 0 Å². The first-order valence-corrected chi connectivity index (χ1v) is 4.47. The molecule has 1 rings (SSSR count). The van der Waals surface area contributed by atoms with Crippen molar-refractivity contribution in [2.24, 2.45) is 0 Å². The summed E-state index contributed by atoms with van der Waals surface area (Å²) >= 11 is 0. The van der Waals surface area contributed by atoms with Gasteiger partial charge in [-0.3, -0.25) is 4.79 Å². The van der Waals surface area contributed by atoms with E-state index in [1.54, 1.807) is 6.07 Å². The van der Waals surface area contributed by atoms with E-state index in [0.717, 1.165) is 6.20 Å². The van der Waals surface area contributed by atoms with E-state index in [9.17, 15) is 13.6 Å². The second kappa shape index (κ2) is 5.21. The second-order valence-electron chi connectivity index (χ2n) is 3.05. The molecule has 0 radical (unpaired) electrons. The summed E-state index contributed by atoms with van der Waals surface area (Å²) in [7, 11) is 1.17. The molecule has 17 heavy (non-hydrogen) atoms. The van der Waals surface area contributed by atoms with Crippen molar-refractivity contribution in [2.75, 3.05) is 7.11 Å². The van der Waals surface area contributed by atoms with Gasteiger partial charge in [0.25, 0.3) is 6.43 Å². The first-order chi connectivity index (χ1) is 8.01. The average Bonchev–Trinajstić information content (AvgIpc) is 2.27. The molecule has 0 unspecified atom stereocenters. The van der Waals surface area contributed by atoms with Gasteiger partial charge in [0.05, 0.1) is 25.3 Å².